The van der Waals surface area contributed by atoms with E-state index in [-0.39, 0.29) is 12.3 Å². The van der Waals surface area contributed by atoms with Crippen LogP contribution in [0.4, 0.5) is 4.79 Å². The summed E-state index contributed by atoms with van der Waals surface area (Å²) in [4.78, 5) is 27.3. The van der Waals surface area contributed by atoms with Gasteiger partial charge in [-0.2, -0.15) is 0 Å². The van der Waals surface area contributed by atoms with Gasteiger partial charge >= 0.3 is 12.1 Å². The normalized spacial score (nSPS) is 12.9. The van der Waals surface area contributed by atoms with Crippen LogP contribution in [0.3, 0.4) is 0 Å². The number of benzene rings is 1. The molecule has 7 nitrogen and oxygen atoms in total. The molecule has 0 fully saturated rings. The molecular weight excluding hydrogens is 368 g/mol. The minimum atomic E-state index is -1.20. The quantitative estimate of drug-likeness (QED) is 0.839. The highest BCUT2D eigenvalue weighted by Crippen LogP contribution is 2.21. The number of carboxylic acids is 1. The summed E-state index contributed by atoms with van der Waals surface area (Å²) < 4.78 is 11.4. The maximum absolute atomic E-state index is 11.7. The first kappa shape index (κ1) is 17.3. The topological polar surface area (TPSA) is 102 Å². The van der Waals surface area contributed by atoms with Gasteiger partial charge in [-0.15, -0.1) is 0 Å². The number of nitrogens with zero attached hydrogens (tertiary/aromatic N) is 1. The predicted molar refractivity (Wildman–Crippen MR) is 86.2 cm³/mol. The van der Waals surface area contributed by atoms with E-state index in [0.29, 0.717) is 11.1 Å². The molecule has 1 aromatic heterocycles. The monoisotopic (exact) mass is 384 g/mol. The lowest BCUT2D eigenvalue weighted by Gasteiger charge is -2.21. The number of hydrogen-bond acceptors (Lipinski definition) is 5. The Morgan fingerprint density at radius 3 is 2.74 bits per heavy atom. The number of ether oxygens (including phenoxy) is 1. The maximum Gasteiger partial charge on any atom is 0.408 e. The van der Waals surface area contributed by atoms with Gasteiger partial charge in [-0.25, -0.2) is 14.6 Å². The molecule has 2 rings (SSSR count). The minimum Gasteiger partial charge on any atom is -0.480 e. The first-order chi connectivity index (χ1) is 10.6. The van der Waals surface area contributed by atoms with Crippen LogP contribution in [-0.2, 0) is 16.0 Å². The molecule has 124 valence electrons. The number of nitrogens with one attached hydrogen (secondary N) is 1. The van der Waals surface area contributed by atoms with Gasteiger partial charge in [0.15, 0.2) is 11.5 Å². The average Bonchev–Trinajstić information content (AvgIpc) is 2.76. The lowest BCUT2D eigenvalue weighted by Crippen LogP contribution is -2.44. The molecule has 0 saturated carbocycles. The molecule has 2 N–H and O–H groups in total. The van der Waals surface area contributed by atoms with Gasteiger partial charge in [-0.05, 0) is 39.0 Å². The Balaban J connectivity index is 2.11. The predicted octanol–water partition coefficient (Wildman–Crippen LogP) is 3.11. The van der Waals surface area contributed by atoms with E-state index < -0.39 is 23.7 Å². The summed E-state index contributed by atoms with van der Waals surface area (Å²) in [6.45, 7) is 5.09. The maximum atomic E-state index is 11.7. The van der Waals surface area contributed by atoms with Crippen LogP contribution in [0.2, 0.25) is 0 Å². The fourth-order valence-electron chi connectivity index (χ4n) is 1.86. The summed E-state index contributed by atoms with van der Waals surface area (Å²) in [6, 6.07) is 4.11. The summed E-state index contributed by atoms with van der Waals surface area (Å²) in [5.74, 6) is -0.971. The van der Waals surface area contributed by atoms with E-state index in [1.54, 1.807) is 32.9 Å². The van der Waals surface area contributed by atoms with Crippen molar-refractivity contribution in [1.82, 2.24) is 10.3 Å². The molecule has 1 amide bonds. The molecule has 1 aromatic carbocycles. The van der Waals surface area contributed by atoms with Crippen molar-refractivity contribution in [2.24, 2.45) is 0 Å². The molecule has 0 aliphatic carbocycles. The highest BCUT2D eigenvalue weighted by atomic mass is 79.9. The number of alkyl carbamates (subject to hydrolysis) is 1. The molecule has 0 spiro atoms. The summed E-state index contributed by atoms with van der Waals surface area (Å²) in [5, 5.41) is 11.6. The van der Waals surface area contributed by atoms with E-state index in [4.69, 9.17) is 9.15 Å². The zero-order valence-electron chi connectivity index (χ0n) is 12.9. The van der Waals surface area contributed by atoms with Crippen molar-refractivity contribution in [2.75, 3.05) is 0 Å². The third-order valence-corrected chi connectivity index (χ3v) is 3.26. The number of carbonyl (C=O) groups is 2. The number of aromatic nitrogens is 1. The summed E-state index contributed by atoms with van der Waals surface area (Å²) in [7, 11) is 0. The van der Waals surface area contributed by atoms with Gasteiger partial charge in [0.05, 0.1) is 6.42 Å². The van der Waals surface area contributed by atoms with Crippen LogP contribution in [0.25, 0.3) is 11.1 Å². The second-order valence-corrected chi connectivity index (χ2v) is 6.88. The van der Waals surface area contributed by atoms with Crippen molar-refractivity contribution in [1.29, 1.82) is 0 Å². The third kappa shape index (κ3) is 4.95. The highest BCUT2D eigenvalue weighted by molar-refractivity contribution is 9.10. The lowest BCUT2D eigenvalue weighted by molar-refractivity contribution is -0.139. The van der Waals surface area contributed by atoms with E-state index in [1.807, 2.05) is 6.07 Å². The number of oxazole rings is 1. The summed E-state index contributed by atoms with van der Waals surface area (Å²) >= 11 is 3.32. The molecule has 1 unspecified atom stereocenters. The van der Waals surface area contributed by atoms with Gasteiger partial charge < -0.3 is 19.6 Å². The van der Waals surface area contributed by atoms with Gasteiger partial charge in [0.25, 0.3) is 0 Å². The van der Waals surface area contributed by atoms with Crippen molar-refractivity contribution in [3.8, 4) is 0 Å². The lowest BCUT2D eigenvalue weighted by atomic mass is 10.2. The SMILES string of the molecule is CC(C)(C)OC(=O)NC(Cc1nc2ccc(Br)cc2o1)C(=O)O. The van der Waals surface area contributed by atoms with Gasteiger partial charge in [0.1, 0.15) is 17.2 Å². The summed E-state index contributed by atoms with van der Waals surface area (Å²) in [6.07, 6.45) is -0.885. The van der Waals surface area contributed by atoms with Crippen LogP contribution in [0.1, 0.15) is 26.7 Å². The van der Waals surface area contributed by atoms with Crippen molar-refractivity contribution >= 4 is 39.1 Å². The standard InChI is InChI=1S/C15H17BrN2O5/c1-15(2,3)23-14(21)18-10(13(19)20)7-12-17-9-5-4-8(16)6-11(9)22-12/h4-6,10H,7H2,1-3H3,(H,18,21)(H,19,20). The summed E-state index contributed by atoms with van der Waals surface area (Å²) in [5.41, 5.74) is 0.442. The Hall–Kier alpha value is -2.09. The molecule has 0 saturated heterocycles. The fourth-order valence-corrected chi connectivity index (χ4v) is 2.20. The van der Waals surface area contributed by atoms with Crippen LogP contribution >= 0.6 is 15.9 Å². The van der Waals surface area contributed by atoms with Crippen LogP contribution in [0.5, 0.6) is 0 Å². The molecule has 0 radical (unpaired) electrons. The van der Waals surface area contributed by atoms with Gasteiger partial charge in [-0.1, -0.05) is 15.9 Å². The smallest absolute Gasteiger partial charge is 0.408 e. The zero-order valence-corrected chi connectivity index (χ0v) is 14.5. The number of hydrogen-bond donors (Lipinski definition) is 2. The van der Waals surface area contributed by atoms with Crippen LogP contribution in [0, 0.1) is 0 Å². The Morgan fingerprint density at radius 1 is 1.43 bits per heavy atom. The number of amides is 1. The average molecular weight is 385 g/mol. The highest BCUT2D eigenvalue weighted by Gasteiger charge is 2.26. The largest absolute Gasteiger partial charge is 0.480 e. The van der Waals surface area contributed by atoms with Gasteiger partial charge in [-0.3, -0.25) is 0 Å². The third-order valence-electron chi connectivity index (χ3n) is 2.76. The fraction of sp³-hybridized carbons (Fsp3) is 0.400. The van der Waals surface area contributed by atoms with Crippen LogP contribution < -0.4 is 5.32 Å². The van der Waals surface area contributed by atoms with E-state index in [1.165, 1.54) is 0 Å². The zero-order chi connectivity index (χ0) is 17.2. The first-order valence-corrected chi connectivity index (χ1v) is 7.70. The number of fused-ring (bicyclic) bond motifs is 1. The van der Waals surface area contributed by atoms with E-state index in [9.17, 15) is 14.7 Å². The molecule has 2 aromatic rings. The van der Waals surface area contributed by atoms with Gasteiger partial charge in [0, 0.05) is 4.47 Å². The molecule has 1 heterocycles. The second kappa shape index (κ2) is 6.57. The number of aliphatic carboxylic acids is 1. The number of halogens is 1. The van der Waals surface area contributed by atoms with Crippen LogP contribution in [-0.4, -0.2) is 33.8 Å². The van der Waals surface area contributed by atoms with Crippen LogP contribution in [0.15, 0.2) is 27.1 Å². The minimum absolute atomic E-state index is 0.0825. The molecule has 0 aliphatic rings. The Kier molecular flexibility index (Phi) is 4.93. The van der Waals surface area contributed by atoms with Crippen molar-refractivity contribution in [3.63, 3.8) is 0 Å². The molecule has 0 aliphatic heterocycles. The van der Waals surface area contributed by atoms with Crippen molar-refractivity contribution < 1.29 is 23.8 Å². The first-order valence-electron chi connectivity index (χ1n) is 6.91. The molecule has 23 heavy (non-hydrogen) atoms. The van der Waals surface area contributed by atoms with Crippen molar-refractivity contribution in [3.05, 3.63) is 28.6 Å². The van der Waals surface area contributed by atoms with E-state index in [2.05, 4.69) is 26.2 Å². The molecule has 8 heteroatoms. The van der Waals surface area contributed by atoms with Gasteiger partial charge in [0.2, 0.25) is 0 Å². The van der Waals surface area contributed by atoms with E-state index in [0.717, 1.165) is 4.47 Å². The number of carbonyl (C=O) groups excluding carboxylic acids is 1. The molecule has 0 bridgehead atoms. The second-order valence-electron chi connectivity index (χ2n) is 5.96. The van der Waals surface area contributed by atoms with Crippen molar-refractivity contribution in [2.45, 2.75) is 38.8 Å². The Bertz CT molecular complexity index is 735. The Morgan fingerprint density at radius 2 is 2.13 bits per heavy atom. The number of rotatable bonds is 4. The Labute approximate surface area is 141 Å². The van der Waals surface area contributed by atoms with E-state index >= 15 is 0 Å². The molecular formula is C15H17BrN2O5. The number of carboxylic acid groups (broad SMARTS) is 1. The molecule has 1 atom stereocenters.